The van der Waals surface area contributed by atoms with Gasteiger partial charge < -0.3 is 15.2 Å². The van der Waals surface area contributed by atoms with Crippen LogP contribution in [0, 0.1) is 0 Å². The number of hydrogen-bond acceptors (Lipinski definition) is 6. The lowest BCUT2D eigenvalue weighted by atomic mass is 10.1. The van der Waals surface area contributed by atoms with Gasteiger partial charge in [-0.3, -0.25) is 0 Å². The van der Waals surface area contributed by atoms with Crippen LogP contribution in [-0.4, -0.2) is 40.3 Å². The Morgan fingerprint density at radius 3 is 3.00 bits per heavy atom. The van der Waals surface area contributed by atoms with Gasteiger partial charge in [-0.05, 0) is 12.8 Å². The van der Waals surface area contributed by atoms with Crippen LogP contribution in [0.1, 0.15) is 42.5 Å². The van der Waals surface area contributed by atoms with Crippen LogP contribution in [0.4, 0.5) is 5.82 Å². The Bertz CT molecular complexity index is 439. The standard InChI is InChI=1S/C13H19N3O3/c1-19-13(18)9-7-14-8-15-12(9)16-10-5-3-2-4-6-11(10)17/h7-8,10-11,17H,2-6H2,1H3,(H,14,15,16). The van der Waals surface area contributed by atoms with Gasteiger partial charge in [-0.25, -0.2) is 14.8 Å². The summed E-state index contributed by atoms with van der Waals surface area (Å²) in [7, 11) is 1.32. The Balaban J connectivity index is 2.15. The minimum atomic E-state index is -0.480. The maximum Gasteiger partial charge on any atom is 0.343 e. The summed E-state index contributed by atoms with van der Waals surface area (Å²) in [5, 5.41) is 13.2. The fraction of sp³-hybridized carbons (Fsp3) is 0.615. The molecule has 2 unspecified atom stereocenters. The highest BCUT2D eigenvalue weighted by molar-refractivity contribution is 5.94. The van der Waals surface area contributed by atoms with Crippen molar-refractivity contribution in [2.45, 2.75) is 44.2 Å². The van der Waals surface area contributed by atoms with Crippen LogP contribution < -0.4 is 5.32 Å². The first-order valence-electron chi connectivity index (χ1n) is 6.55. The third kappa shape index (κ3) is 3.41. The van der Waals surface area contributed by atoms with Gasteiger partial charge in [0.25, 0.3) is 0 Å². The highest BCUT2D eigenvalue weighted by Crippen LogP contribution is 2.22. The second-order valence-electron chi connectivity index (χ2n) is 4.73. The number of nitrogens with one attached hydrogen (secondary N) is 1. The molecule has 1 heterocycles. The van der Waals surface area contributed by atoms with Crippen molar-refractivity contribution in [3.8, 4) is 0 Å². The molecule has 0 aliphatic heterocycles. The van der Waals surface area contributed by atoms with Gasteiger partial charge in [-0.15, -0.1) is 0 Å². The van der Waals surface area contributed by atoms with Crippen LogP contribution in [0.25, 0.3) is 0 Å². The zero-order valence-corrected chi connectivity index (χ0v) is 11.0. The van der Waals surface area contributed by atoms with E-state index in [0.29, 0.717) is 11.4 Å². The highest BCUT2D eigenvalue weighted by Gasteiger charge is 2.24. The third-order valence-electron chi connectivity index (χ3n) is 3.42. The van der Waals surface area contributed by atoms with Gasteiger partial charge >= 0.3 is 5.97 Å². The van der Waals surface area contributed by atoms with E-state index in [1.807, 2.05) is 0 Å². The van der Waals surface area contributed by atoms with E-state index in [9.17, 15) is 9.90 Å². The summed E-state index contributed by atoms with van der Waals surface area (Å²) in [6.07, 6.45) is 7.25. The second kappa shape index (κ2) is 6.47. The number of carbonyl (C=O) groups is 1. The molecule has 1 aliphatic carbocycles. The molecule has 0 saturated heterocycles. The molecule has 0 spiro atoms. The fourth-order valence-corrected chi connectivity index (χ4v) is 2.34. The molecule has 0 radical (unpaired) electrons. The maximum atomic E-state index is 11.6. The monoisotopic (exact) mass is 265 g/mol. The van der Waals surface area contributed by atoms with E-state index in [0.717, 1.165) is 32.1 Å². The first-order chi connectivity index (χ1) is 9.22. The van der Waals surface area contributed by atoms with E-state index < -0.39 is 12.1 Å². The molecule has 0 amide bonds. The van der Waals surface area contributed by atoms with Gasteiger partial charge in [-0.2, -0.15) is 0 Å². The topological polar surface area (TPSA) is 84.3 Å². The molecule has 0 bridgehead atoms. The molecule has 2 N–H and O–H groups in total. The number of hydrogen-bond donors (Lipinski definition) is 2. The summed E-state index contributed by atoms with van der Waals surface area (Å²) >= 11 is 0. The van der Waals surface area contributed by atoms with Crippen molar-refractivity contribution in [2.75, 3.05) is 12.4 Å². The van der Waals surface area contributed by atoms with Gasteiger partial charge in [0.2, 0.25) is 0 Å². The minimum Gasteiger partial charge on any atom is -0.465 e. The zero-order valence-electron chi connectivity index (χ0n) is 11.0. The lowest BCUT2D eigenvalue weighted by Gasteiger charge is -2.23. The van der Waals surface area contributed by atoms with E-state index in [1.165, 1.54) is 19.6 Å². The van der Waals surface area contributed by atoms with Crippen LogP contribution in [0.15, 0.2) is 12.5 Å². The highest BCUT2D eigenvalue weighted by atomic mass is 16.5. The number of esters is 1. The molecular formula is C13H19N3O3. The maximum absolute atomic E-state index is 11.6. The summed E-state index contributed by atoms with van der Waals surface area (Å²) in [5.41, 5.74) is 0.293. The van der Waals surface area contributed by atoms with Gasteiger partial charge in [0.05, 0.1) is 19.3 Å². The number of ether oxygens (including phenoxy) is 1. The van der Waals surface area contributed by atoms with Crippen molar-refractivity contribution >= 4 is 11.8 Å². The number of nitrogens with zero attached hydrogens (tertiary/aromatic N) is 2. The number of carbonyl (C=O) groups excluding carboxylic acids is 1. The quantitative estimate of drug-likeness (QED) is 0.634. The Labute approximate surface area is 112 Å². The molecule has 1 aromatic heterocycles. The summed E-state index contributed by atoms with van der Waals surface area (Å²) < 4.78 is 4.70. The van der Waals surface area contributed by atoms with E-state index in [2.05, 4.69) is 15.3 Å². The first-order valence-corrected chi connectivity index (χ1v) is 6.55. The Kier molecular flexibility index (Phi) is 4.68. The van der Waals surface area contributed by atoms with Gasteiger partial charge in [0, 0.05) is 6.20 Å². The number of aliphatic hydroxyl groups excluding tert-OH is 1. The van der Waals surface area contributed by atoms with Gasteiger partial charge in [-0.1, -0.05) is 19.3 Å². The van der Waals surface area contributed by atoms with Crippen molar-refractivity contribution in [3.05, 3.63) is 18.1 Å². The SMILES string of the molecule is COC(=O)c1cncnc1NC1CCCCCC1O. The predicted molar refractivity (Wildman–Crippen MR) is 69.9 cm³/mol. The minimum absolute atomic E-state index is 0.0826. The van der Waals surface area contributed by atoms with E-state index in [4.69, 9.17) is 4.74 Å². The van der Waals surface area contributed by atoms with Gasteiger partial charge in [0.15, 0.2) is 0 Å². The molecule has 6 heteroatoms. The molecule has 1 aliphatic rings. The summed E-state index contributed by atoms with van der Waals surface area (Å²) in [6, 6.07) is -0.0826. The third-order valence-corrected chi connectivity index (χ3v) is 3.42. The number of rotatable bonds is 3. The van der Waals surface area contributed by atoms with Crippen LogP contribution in [-0.2, 0) is 4.74 Å². The van der Waals surface area contributed by atoms with Crippen molar-refractivity contribution < 1.29 is 14.6 Å². The molecule has 0 aromatic carbocycles. The van der Waals surface area contributed by atoms with Gasteiger partial charge in [0.1, 0.15) is 17.7 Å². The molecule has 2 atom stereocenters. The molecule has 1 fully saturated rings. The average Bonchev–Trinajstić information content (AvgIpc) is 2.64. The summed E-state index contributed by atoms with van der Waals surface area (Å²) in [5.74, 6) is -0.0565. The second-order valence-corrected chi connectivity index (χ2v) is 4.73. The molecule has 1 aromatic rings. The number of anilines is 1. The number of methoxy groups -OCH3 is 1. The normalized spacial score (nSPS) is 23.5. The van der Waals surface area contributed by atoms with Crippen LogP contribution >= 0.6 is 0 Å². The molecule has 104 valence electrons. The number of aromatic nitrogens is 2. The van der Waals surface area contributed by atoms with E-state index in [-0.39, 0.29) is 6.04 Å². The van der Waals surface area contributed by atoms with E-state index >= 15 is 0 Å². The van der Waals surface area contributed by atoms with Crippen molar-refractivity contribution in [3.63, 3.8) is 0 Å². The summed E-state index contributed by atoms with van der Waals surface area (Å²) in [4.78, 5) is 19.5. The predicted octanol–water partition coefficient (Wildman–Crippen LogP) is 1.37. The molecule has 2 rings (SSSR count). The fourth-order valence-electron chi connectivity index (χ4n) is 2.34. The van der Waals surface area contributed by atoms with Crippen molar-refractivity contribution in [2.24, 2.45) is 0 Å². The number of aliphatic hydroxyl groups is 1. The smallest absolute Gasteiger partial charge is 0.343 e. The lowest BCUT2D eigenvalue weighted by molar-refractivity contribution is 0.0600. The summed E-state index contributed by atoms with van der Waals surface area (Å²) in [6.45, 7) is 0. The molecule has 1 saturated carbocycles. The molecule has 6 nitrogen and oxygen atoms in total. The van der Waals surface area contributed by atoms with E-state index in [1.54, 1.807) is 0 Å². The van der Waals surface area contributed by atoms with Crippen molar-refractivity contribution in [1.82, 2.24) is 9.97 Å². The lowest BCUT2D eigenvalue weighted by Crippen LogP contribution is -2.33. The average molecular weight is 265 g/mol. The Hall–Kier alpha value is -1.69. The molecular weight excluding hydrogens is 246 g/mol. The van der Waals surface area contributed by atoms with Crippen molar-refractivity contribution in [1.29, 1.82) is 0 Å². The molecule has 19 heavy (non-hydrogen) atoms. The van der Waals surface area contributed by atoms with Crippen LogP contribution in [0.2, 0.25) is 0 Å². The Morgan fingerprint density at radius 1 is 1.42 bits per heavy atom. The zero-order chi connectivity index (χ0) is 13.7. The Morgan fingerprint density at radius 2 is 2.21 bits per heavy atom. The van der Waals surface area contributed by atoms with Crippen LogP contribution in [0.3, 0.4) is 0 Å². The first kappa shape index (κ1) is 13.7. The largest absolute Gasteiger partial charge is 0.465 e. The van der Waals surface area contributed by atoms with Crippen LogP contribution in [0.5, 0.6) is 0 Å².